The number of rotatable bonds is 3. The fourth-order valence-electron chi connectivity index (χ4n) is 1.42. The molecule has 2 aromatic rings. The molecule has 0 spiro atoms. The molecule has 5 heteroatoms. The molecule has 0 unspecified atom stereocenters. The van der Waals surface area contributed by atoms with Gasteiger partial charge in [0.15, 0.2) is 0 Å². The summed E-state index contributed by atoms with van der Waals surface area (Å²) in [4.78, 5) is 15.2. The molecule has 1 aromatic heterocycles. The van der Waals surface area contributed by atoms with Crippen molar-refractivity contribution in [3.8, 4) is 11.6 Å². The van der Waals surface area contributed by atoms with Crippen LogP contribution in [0.1, 0.15) is 16.1 Å². The number of ether oxygens (including phenoxy) is 1. The number of aromatic carboxylic acids is 1. The highest BCUT2D eigenvalue weighted by Gasteiger charge is 2.13. The Morgan fingerprint density at radius 2 is 2.11 bits per heavy atom. The first-order valence-electron chi connectivity index (χ1n) is 5.20. The number of aromatic nitrogens is 1. The van der Waals surface area contributed by atoms with E-state index in [1.54, 1.807) is 19.1 Å². The highest BCUT2D eigenvalue weighted by Crippen LogP contribution is 2.24. The smallest absolute Gasteiger partial charge is 0.341 e. The molecule has 1 aromatic carbocycles. The van der Waals surface area contributed by atoms with Crippen LogP contribution in [0.25, 0.3) is 0 Å². The summed E-state index contributed by atoms with van der Waals surface area (Å²) in [6.07, 6.45) is 0. The van der Waals surface area contributed by atoms with Gasteiger partial charge in [-0.25, -0.2) is 9.78 Å². The minimum absolute atomic E-state index is 0.0551. The van der Waals surface area contributed by atoms with E-state index in [1.807, 2.05) is 18.2 Å². The molecule has 0 aliphatic rings. The minimum atomic E-state index is -1.05. The summed E-state index contributed by atoms with van der Waals surface area (Å²) < 4.78 is 6.54. The van der Waals surface area contributed by atoms with Crippen LogP contribution in [0.15, 0.2) is 36.4 Å². The maximum absolute atomic E-state index is 11.1. The summed E-state index contributed by atoms with van der Waals surface area (Å²) in [5.41, 5.74) is 0.764. The van der Waals surface area contributed by atoms with Gasteiger partial charge in [0.2, 0.25) is 5.88 Å². The number of aryl methyl sites for hydroxylation is 1. The maximum atomic E-state index is 11.1. The molecule has 0 aliphatic carbocycles. The molecule has 0 saturated carbocycles. The Morgan fingerprint density at radius 1 is 1.33 bits per heavy atom. The molecule has 2 rings (SSSR count). The molecule has 4 nitrogen and oxygen atoms in total. The van der Waals surface area contributed by atoms with Gasteiger partial charge < -0.3 is 9.84 Å². The van der Waals surface area contributed by atoms with E-state index in [4.69, 9.17) is 9.84 Å². The van der Waals surface area contributed by atoms with Crippen molar-refractivity contribution in [3.05, 3.63) is 51.2 Å². The van der Waals surface area contributed by atoms with Crippen LogP contribution in [-0.2, 0) is 0 Å². The van der Waals surface area contributed by atoms with E-state index in [0.717, 1.165) is 3.57 Å². The summed E-state index contributed by atoms with van der Waals surface area (Å²) >= 11 is 2.16. The zero-order valence-corrected chi connectivity index (χ0v) is 11.7. The fraction of sp³-hybridized carbons (Fsp3) is 0.0769. The van der Waals surface area contributed by atoms with Crippen molar-refractivity contribution in [2.24, 2.45) is 0 Å². The third-order valence-corrected chi connectivity index (χ3v) is 2.91. The van der Waals surface area contributed by atoms with E-state index in [-0.39, 0.29) is 11.4 Å². The van der Waals surface area contributed by atoms with Crippen molar-refractivity contribution >= 4 is 28.6 Å². The van der Waals surface area contributed by atoms with Crippen molar-refractivity contribution in [1.82, 2.24) is 4.98 Å². The Kier molecular flexibility index (Phi) is 3.81. The van der Waals surface area contributed by atoms with E-state index in [0.29, 0.717) is 11.4 Å². The molecule has 0 radical (unpaired) electrons. The van der Waals surface area contributed by atoms with Crippen LogP contribution in [0.5, 0.6) is 11.6 Å². The van der Waals surface area contributed by atoms with Crippen molar-refractivity contribution in [1.29, 1.82) is 0 Å². The lowest BCUT2D eigenvalue weighted by Crippen LogP contribution is -2.02. The molecule has 92 valence electrons. The second-order valence-corrected chi connectivity index (χ2v) is 4.92. The number of halogens is 1. The number of benzene rings is 1. The minimum Gasteiger partial charge on any atom is -0.477 e. The van der Waals surface area contributed by atoms with E-state index >= 15 is 0 Å². The summed E-state index contributed by atoms with van der Waals surface area (Å²) in [5.74, 6) is -0.366. The SMILES string of the molecule is Cc1ccc(C(=O)O)c(Oc2cccc(I)c2)n1. The van der Waals surface area contributed by atoms with Crippen molar-refractivity contribution in [2.45, 2.75) is 6.92 Å². The van der Waals surface area contributed by atoms with Gasteiger partial charge in [-0.2, -0.15) is 0 Å². The maximum Gasteiger partial charge on any atom is 0.341 e. The van der Waals surface area contributed by atoms with Crippen molar-refractivity contribution < 1.29 is 14.6 Å². The van der Waals surface area contributed by atoms with Gasteiger partial charge in [-0.15, -0.1) is 0 Å². The fourth-order valence-corrected chi connectivity index (χ4v) is 1.93. The molecule has 0 aliphatic heterocycles. The zero-order chi connectivity index (χ0) is 13.1. The predicted octanol–water partition coefficient (Wildman–Crippen LogP) is 3.49. The summed E-state index contributed by atoms with van der Waals surface area (Å²) in [6.45, 7) is 1.78. The molecular weight excluding hydrogens is 345 g/mol. The van der Waals surface area contributed by atoms with Gasteiger partial charge in [0.05, 0.1) is 0 Å². The Labute approximate surface area is 118 Å². The lowest BCUT2D eigenvalue weighted by Gasteiger charge is -2.08. The number of carbonyl (C=O) groups is 1. The van der Waals surface area contributed by atoms with Gasteiger partial charge >= 0.3 is 5.97 Å². The van der Waals surface area contributed by atoms with Gasteiger partial charge in [-0.3, -0.25) is 0 Å². The first-order valence-corrected chi connectivity index (χ1v) is 6.28. The number of hydrogen-bond acceptors (Lipinski definition) is 3. The van der Waals surface area contributed by atoms with Crippen LogP contribution in [0.2, 0.25) is 0 Å². The lowest BCUT2D eigenvalue weighted by molar-refractivity contribution is 0.0693. The van der Waals surface area contributed by atoms with E-state index in [9.17, 15) is 4.79 Å². The van der Waals surface area contributed by atoms with Gasteiger partial charge in [-0.1, -0.05) is 6.07 Å². The molecular formula is C13H10INO3. The van der Waals surface area contributed by atoms with Crippen LogP contribution >= 0.6 is 22.6 Å². The lowest BCUT2D eigenvalue weighted by atomic mass is 10.2. The molecule has 0 bridgehead atoms. The number of carboxylic acids is 1. The van der Waals surface area contributed by atoms with Crippen molar-refractivity contribution in [2.75, 3.05) is 0 Å². The normalized spacial score (nSPS) is 10.1. The molecule has 0 saturated heterocycles. The van der Waals surface area contributed by atoms with Crippen LogP contribution in [0.3, 0.4) is 0 Å². The summed E-state index contributed by atoms with van der Waals surface area (Å²) in [6, 6.07) is 10.5. The quantitative estimate of drug-likeness (QED) is 0.857. The molecule has 0 amide bonds. The van der Waals surface area contributed by atoms with Gasteiger partial charge in [0.1, 0.15) is 11.3 Å². The van der Waals surface area contributed by atoms with Crippen LogP contribution in [0.4, 0.5) is 0 Å². The highest BCUT2D eigenvalue weighted by atomic mass is 127. The molecule has 0 fully saturated rings. The number of pyridine rings is 1. The second-order valence-electron chi connectivity index (χ2n) is 3.67. The monoisotopic (exact) mass is 355 g/mol. The van der Waals surface area contributed by atoms with Gasteiger partial charge in [0, 0.05) is 9.26 Å². The standard InChI is InChI=1S/C13H10INO3/c1-8-5-6-11(13(16)17)12(15-8)18-10-4-2-3-9(14)7-10/h2-7H,1H3,(H,16,17). The Bertz CT molecular complexity index is 599. The number of carboxylic acid groups (broad SMARTS) is 1. The molecule has 1 heterocycles. The summed E-state index contributed by atoms with van der Waals surface area (Å²) in [7, 11) is 0. The summed E-state index contributed by atoms with van der Waals surface area (Å²) in [5, 5.41) is 9.07. The predicted molar refractivity (Wildman–Crippen MR) is 75.2 cm³/mol. The third-order valence-electron chi connectivity index (χ3n) is 2.24. The van der Waals surface area contributed by atoms with Crippen molar-refractivity contribution in [3.63, 3.8) is 0 Å². The topological polar surface area (TPSA) is 59.4 Å². The van der Waals surface area contributed by atoms with Crippen LogP contribution < -0.4 is 4.74 Å². The zero-order valence-electron chi connectivity index (χ0n) is 9.55. The average Bonchev–Trinajstić information content (AvgIpc) is 2.28. The molecule has 18 heavy (non-hydrogen) atoms. The van der Waals surface area contributed by atoms with Gasteiger partial charge in [0.25, 0.3) is 0 Å². The first-order chi connectivity index (χ1) is 8.56. The Morgan fingerprint density at radius 3 is 2.78 bits per heavy atom. The third kappa shape index (κ3) is 2.98. The number of hydrogen-bond donors (Lipinski definition) is 1. The van der Waals surface area contributed by atoms with E-state index < -0.39 is 5.97 Å². The Hall–Kier alpha value is -1.63. The average molecular weight is 355 g/mol. The van der Waals surface area contributed by atoms with E-state index in [1.165, 1.54) is 6.07 Å². The van der Waals surface area contributed by atoms with Gasteiger partial charge in [-0.05, 0) is 59.8 Å². The van der Waals surface area contributed by atoms with Crippen LogP contribution in [0, 0.1) is 10.5 Å². The van der Waals surface area contributed by atoms with Crippen LogP contribution in [-0.4, -0.2) is 16.1 Å². The molecule has 1 N–H and O–H groups in total. The number of nitrogens with zero attached hydrogens (tertiary/aromatic N) is 1. The largest absolute Gasteiger partial charge is 0.477 e. The first kappa shape index (κ1) is 12.8. The second kappa shape index (κ2) is 5.34. The molecule has 0 atom stereocenters. The van der Waals surface area contributed by atoms with E-state index in [2.05, 4.69) is 27.6 Å². The Balaban J connectivity index is 2.39. The highest BCUT2D eigenvalue weighted by molar-refractivity contribution is 14.1.